The average molecular weight is 597 g/mol. The maximum atomic E-state index is 13.2. The molecule has 2 aliphatic heterocycles. The number of hydrogen-bond donors (Lipinski definition) is 5. The largest absolute Gasteiger partial charge is 0.480 e. The lowest BCUT2D eigenvalue weighted by atomic mass is 9.99. The number of nitrogens with one attached hydrogen (secondary N) is 1. The third-order valence-corrected chi connectivity index (χ3v) is 8.20. The Kier molecular flexibility index (Phi) is 13.6. The van der Waals surface area contributed by atoms with Gasteiger partial charge in [-0.1, -0.05) is 84.0 Å². The molecule has 3 heterocycles. The molecule has 13 nitrogen and oxygen atoms in total. The van der Waals surface area contributed by atoms with Crippen LogP contribution in [0.5, 0.6) is 0 Å². The number of aliphatic carboxylic acids is 1. The predicted molar refractivity (Wildman–Crippen MR) is 154 cm³/mol. The fraction of sp³-hybridized carbons (Fsp3) is 0.793. The summed E-state index contributed by atoms with van der Waals surface area (Å²) in [5, 5.41) is 31.4. The third kappa shape index (κ3) is 8.73. The van der Waals surface area contributed by atoms with Gasteiger partial charge < -0.3 is 30.5 Å². The second kappa shape index (κ2) is 16.9. The lowest BCUT2D eigenvalue weighted by molar-refractivity contribution is -0.152. The zero-order chi connectivity index (χ0) is 30.6. The van der Waals surface area contributed by atoms with Gasteiger partial charge >= 0.3 is 11.7 Å². The number of aromatic amines is 1. The van der Waals surface area contributed by atoms with Gasteiger partial charge in [0.05, 0.1) is 0 Å². The number of carboxylic acids is 1. The van der Waals surface area contributed by atoms with Crippen LogP contribution >= 0.6 is 0 Å². The van der Waals surface area contributed by atoms with E-state index in [-0.39, 0.29) is 13.0 Å². The Bertz CT molecular complexity index is 1110. The number of unbranched alkanes of at least 4 members (excludes halogenated alkanes) is 12. The highest BCUT2D eigenvalue weighted by molar-refractivity contribution is 5.85. The molecule has 13 heteroatoms. The second-order valence-electron chi connectivity index (χ2n) is 11.4. The van der Waals surface area contributed by atoms with Gasteiger partial charge in [0.1, 0.15) is 30.6 Å². The summed E-state index contributed by atoms with van der Waals surface area (Å²) in [4.78, 5) is 52.3. The zero-order valence-corrected chi connectivity index (χ0v) is 24.6. The monoisotopic (exact) mass is 596 g/mol. The van der Waals surface area contributed by atoms with Crippen LogP contribution in [0.1, 0.15) is 103 Å². The molecule has 0 saturated carbocycles. The molecular weight excluding hydrogens is 548 g/mol. The maximum Gasteiger partial charge on any atom is 0.330 e. The van der Waals surface area contributed by atoms with Crippen LogP contribution in [0.15, 0.2) is 21.9 Å². The van der Waals surface area contributed by atoms with Crippen molar-refractivity contribution in [1.29, 1.82) is 0 Å². The highest BCUT2D eigenvalue weighted by Gasteiger charge is 2.57. The average Bonchev–Trinajstić information content (AvgIpc) is 3.49. The van der Waals surface area contributed by atoms with Crippen molar-refractivity contribution in [3.05, 3.63) is 33.1 Å². The number of hydrogen-bond acceptors (Lipinski definition) is 9. The fourth-order valence-electron chi connectivity index (χ4n) is 5.90. The number of rotatable bonds is 18. The third-order valence-electron chi connectivity index (χ3n) is 8.20. The molecule has 238 valence electrons. The van der Waals surface area contributed by atoms with E-state index in [1.54, 1.807) is 0 Å². The number of nitrogens with two attached hydrogens (primary N) is 1. The number of nitrogens with zero attached hydrogens (tertiary/aromatic N) is 2. The first-order valence-corrected chi connectivity index (χ1v) is 15.4. The Balaban J connectivity index is 1.50. The first-order valence-electron chi connectivity index (χ1n) is 15.4. The molecule has 2 saturated heterocycles. The molecule has 1 aromatic heterocycles. The van der Waals surface area contributed by atoms with Gasteiger partial charge in [-0.2, -0.15) is 0 Å². The van der Waals surface area contributed by atoms with Crippen LogP contribution in [0.4, 0.5) is 0 Å². The predicted octanol–water partition coefficient (Wildman–Crippen LogP) is 1.60. The molecule has 0 unspecified atom stereocenters. The van der Waals surface area contributed by atoms with Gasteiger partial charge in [-0.15, -0.1) is 0 Å². The molecule has 0 radical (unpaired) electrons. The quantitative estimate of drug-likeness (QED) is 0.155. The van der Waals surface area contributed by atoms with Crippen molar-refractivity contribution in [1.82, 2.24) is 14.5 Å². The number of carbonyl (C=O) groups is 2. The molecule has 0 spiro atoms. The summed E-state index contributed by atoms with van der Waals surface area (Å²) in [7, 11) is 0. The Labute approximate surface area is 246 Å². The van der Waals surface area contributed by atoms with Crippen molar-refractivity contribution in [3.63, 3.8) is 0 Å². The standard InChI is InChI=1S/C29H48N4O9/c1-2-3-4-5-6-7-8-9-10-11-12-13-14-15-20(35)33-21(18-30)41-25(22(33)28(38)39)26-23(36)24(37)27(42-26)32-17-16-19(34)31-29(32)40/h16-17,21-27,36-37H,2-15,18,30H2,1H3,(H,38,39)(H,31,34,40)/t21-,22+,23+,24-,25+,26+,27-/m1/s1. The molecule has 7 atom stereocenters. The summed E-state index contributed by atoms with van der Waals surface area (Å²) in [5.74, 6) is -1.80. The van der Waals surface area contributed by atoms with Gasteiger partial charge in [0.2, 0.25) is 5.91 Å². The Hall–Kier alpha value is -2.58. The van der Waals surface area contributed by atoms with Crippen molar-refractivity contribution < 1.29 is 34.4 Å². The molecule has 1 amide bonds. The number of H-pyrrole nitrogens is 1. The van der Waals surface area contributed by atoms with E-state index in [2.05, 4.69) is 6.92 Å². The van der Waals surface area contributed by atoms with Crippen molar-refractivity contribution >= 4 is 11.9 Å². The summed E-state index contributed by atoms with van der Waals surface area (Å²) in [5.41, 5.74) is 4.29. The van der Waals surface area contributed by atoms with Crippen molar-refractivity contribution in [2.45, 2.75) is 140 Å². The Morgan fingerprint density at radius 3 is 1.98 bits per heavy atom. The van der Waals surface area contributed by atoms with E-state index < -0.39 is 66.0 Å². The van der Waals surface area contributed by atoms with Crippen LogP contribution in [-0.2, 0) is 19.1 Å². The lowest BCUT2D eigenvalue weighted by Crippen LogP contribution is -2.53. The first-order chi connectivity index (χ1) is 20.2. The fourth-order valence-corrected chi connectivity index (χ4v) is 5.90. The van der Waals surface area contributed by atoms with E-state index in [1.807, 2.05) is 4.98 Å². The van der Waals surface area contributed by atoms with Gasteiger partial charge in [-0.3, -0.25) is 24.0 Å². The highest BCUT2D eigenvalue weighted by Crippen LogP contribution is 2.37. The van der Waals surface area contributed by atoms with Gasteiger partial charge in [0, 0.05) is 25.2 Å². The lowest BCUT2D eigenvalue weighted by Gasteiger charge is -2.27. The van der Waals surface area contributed by atoms with Crippen molar-refractivity contribution in [2.24, 2.45) is 5.73 Å². The second-order valence-corrected chi connectivity index (χ2v) is 11.4. The van der Waals surface area contributed by atoms with E-state index in [0.29, 0.717) is 6.42 Å². The number of ether oxygens (including phenoxy) is 2. The maximum absolute atomic E-state index is 13.2. The summed E-state index contributed by atoms with van der Waals surface area (Å²) in [6.07, 6.45) is 7.75. The SMILES string of the molecule is CCCCCCCCCCCCCCCC(=O)N1[C@H](C(=O)O)[C@@H]([C@H]2O[C@@H](n3ccc(=O)[nH]c3=O)[C@H](O)[C@@H]2O)O[C@@H]1CN. The smallest absolute Gasteiger partial charge is 0.330 e. The van der Waals surface area contributed by atoms with E-state index in [9.17, 15) is 34.5 Å². The molecule has 6 N–H and O–H groups in total. The van der Waals surface area contributed by atoms with E-state index >= 15 is 0 Å². The number of aromatic nitrogens is 2. The summed E-state index contributed by atoms with van der Waals surface area (Å²) in [6, 6.07) is -0.476. The number of aliphatic hydroxyl groups is 2. The van der Waals surface area contributed by atoms with E-state index in [4.69, 9.17) is 15.2 Å². The minimum absolute atomic E-state index is 0.125. The van der Waals surface area contributed by atoms with Gasteiger partial charge in [0.25, 0.3) is 5.56 Å². The van der Waals surface area contributed by atoms with Crippen LogP contribution < -0.4 is 17.0 Å². The molecule has 3 rings (SSSR count). The summed E-state index contributed by atoms with van der Waals surface area (Å²) in [6.45, 7) is 2.04. The molecule has 0 aromatic carbocycles. The molecule has 1 aromatic rings. The van der Waals surface area contributed by atoms with E-state index in [1.165, 1.54) is 57.8 Å². The number of carboxylic acid groups (broad SMARTS) is 1. The minimum Gasteiger partial charge on any atom is -0.480 e. The Morgan fingerprint density at radius 2 is 1.45 bits per heavy atom. The van der Waals surface area contributed by atoms with Crippen LogP contribution in [0.2, 0.25) is 0 Å². The van der Waals surface area contributed by atoms with Gasteiger partial charge in [0.15, 0.2) is 12.3 Å². The summed E-state index contributed by atoms with van der Waals surface area (Å²) >= 11 is 0. The first kappa shape index (κ1) is 33.9. The van der Waals surface area contributed by atoms with Crippen molar-refractivity contribution in [3.8, 4) is 0 Å². The molecule has 42 heavy (non-hydrogen) atoms. The van der Waals surface area contributed by atoms with Gasteiger partial charge in [-0.05, 0) is 6.42 Å². The molecular formula is C29H48N4O9. The summed E-state index contributed by atoms with van der Waals surface area (Å²) < 4.78 is 12.5. The van der Waals surface area contributed by atoms with Crippen LogP contribution in [0, 0.1) is 0 Å². The molecule has 2 fully saturated rings. The van der Waals surface area contributed by atoms with Crippen LogP contribution in [0.25, 0.3) is 0 Å². The van der Waals surface area contributed by atoms with Gasteiger partial charge in [-0.25, -0.2) is 9.59 Å². The highest BCUT2D eigenvalue weighted by atomic mass is 16.6. The minimum atomic E-state index is -1.64. The molecule has 0 aliphatic carbocycles. The van der Waals surface area contributed by atoms with Crippen LogP contribution in [0.3, 0.4) is 0 Å². The molecule has 2 aliphatic rings. The van der Waals surface area contributed by atoms with E-state index in [0.717, 1.165) is 41.0 Å². The zero-order valence-electron chi connectivity index (χ0n) is 24.6. The Morgan fingerprint density at radius 1 is 0.881 bits per heavy atom. The number of carbonyl (C=O) groups excluding carboxylic acids is 1. The van der Waals surface area contributed by atoms with Crippen molar-refractivity contribution in [2.75, 3.05) is 6.54 Å². The normalized spacial score (nSPS) is 27.5. The topological polar surface area (TPSA) is 197 Å². The molecule has 0 bridgehead atoms. The van der Waals surface area contributed by atoms with Crippen LogP contribution in [-0.4, -0.2) is 84.9 Å². The number of amides is 1. The number of aliphatic hydroxyl groups excluding tert-OH is 2.